The molecule has 160 valence electrons. The van der Waals surface area contributed by atoms with E-state index in [4.69, 9.17) is 0 Å². The summed E-state index contributed by atoms with van der Waals surface area (Å²) in [7, 11) is 0. The van der Waals surface area contributed by atoms with Crippen molar-refractivity contribution in [3.63, 3.8) is 0 Å². The molecule has 0 saturated carbocycles. The number of ketones is 1. The van der Waals surface area contributed by atoms with Crippen molar-refractivity contribution in [1.29, 1.82) is 0 Å². The minimum Gasteiger partial charge on any atom is -0.368 e. The Labute approximate surface area is 183 Å². The molecular weight excluding hydrogens is 394 g/mol. The molecule has 5 nitrogen and oxygen atoms in total. The standard InChI is InChI=1S/C24H31N3O2S/c1-5-18(3)30-22-10-11-23(17(2)16-22)25-24(29)27-14-12-26(13-15-27)21-8-6-20(7-9-21)19(4)28/h6-11,16,18H,5,12-15H2,1-4H3,(H,25,29). The van der Waals surface area contributed by atoms with Crippen LogP contribution in [0.15, 0.2) is 47.4 Å². The van der Waals surface area contributed by atoms with Crippen LogP contribution in [0.3, 0.4) is 0 Å². The van der Waals surface area contributed by atoms with Crippen molar-refractivity contribution in [2.45, 2.75) is 44.3 Å². The van der Waals surface area contributed by atoms with Crippen molar-refractivity contribution in [2.75, 3.05) is 36.4 Å². The number of nitrogens with zero attached hydrogens (tertiary/aromatic N) is 2. The monoisotopic (exact) mass is 425 g/mol. The third-order valence-electron chi connectivity index (χ3n) is 5.56. The number of urea groups is 1. The van der Waals surface area contributed by atoms with E-state index >= 15 is 0 Å². The van der Waals surface area contributed by atoms with Crippen LogP contribution in [0, 0.1) is 6.92 Å². The Kier molecular flexibility index (Phi) is 7.43. The second-order valence-electron chi connectivity index (χ2n) is 7.82. The largest absolute Gasteiger partial charge is 0.368 e. The van der Waals surface area contributed by atoms with Gasteiger partial charge in [-0.05, 0) is 68.3 Å². The summed E-state index contributed by atoms with van der Waals surface area (Å²) >= 11 is 1.87. The molecular formula is C24H31N3O2S. The van der Waals surface area contributed by atoms with E-state index in [0.717, 1.165) is 42.0 Å². The summed E-state index contributed by atoms with van der Waals surface area (Å²) in [5.74, 6) is 0.0739. The normalized spacial score (nSPS) is 15.1. The lowest BCUT2D eigenvalue weighted by atomic mass is 10.1. The zero-order valence-electron chi connectivity index (χ0n) is 18.3. The van der Waals surface area contributed by atoms with Crippen LogP contribution in [0.25, 0.3) is 0 Å². The molecule has 0 aliphatic carbocycles. The Morgan fingerprint density at radius 3 is 2.30 bits per heavy atom. The van der Waals surface area contributed by atoms with Gasteiger partial charge in [-0.3, -0.25) is 4.79 Å². The molecule has 2 aromatic rings. The maximum Gasteiger partial charge on any atom is 0.321 e. The number of aryl methyl sites for hydroxylation is 1. The van der Waals surface area contributed by atoms with E-state index in [2.05, 4.69) is 36.2 Å². The van der Waals surface area contributed by atoms with Gasteiger partial charge in [0.15, 0.2) is 5.78 Å². The van der Waals surface area contributed by atoms with Crippen molar-refractivity contribution in [2.24, 2.45) is 0 Å². The number of piperazine rings is 1. The van der Waals surface area contributed by atoms with Crippen LogP contribution < -0.4 is 10.2 Å². The number of carbonyl (C=O) groups excluding carboxylic acids is 2. The van der Waals surface area contributed by atoms with Crippen LogP contribution in [0.4, 0.5) is 16.2 Å². The maximum absolute atomic E-state index is 12.7. The highest BCUT2D eigenvalue weighted by Gasteiger charge is 2.22. The minimum atomic E-state index is -0.0491. The molecule has 2 amide bonds. The molecule has 3 rings (SSSR count). The van der Waals surface area contributed by atoms with Gasteiger partial charge in [0.05, 0.1) is 0 Å². The third kappa shape index (κ3) is 5.57. The predicted octanol–water partition coefficient (Wildman–Crippen LogP) is 5.44. The van der Waals surface area contributed by atoms with E-state index in [-0.39, 0.29) is 11.8 Å². The van der Waals surface area contributed by atoms with Crippen LogP contribution in [0.2, 0.25) is 0 Å². The molecule has 30 heavy (non-hydrogen) atoms. The van der Waals surface area contributed by atoms with Gasteiger partial charge in [0.1, 0.15) is 0 Å². The fraction of sp³-hybridized carbons (Fsp3) is 0.417. The van der Waals surface area contributed by atoms with Crippen molar-refractivity contribution >= 4 is 35.0 Å². The van der Waals surface area contributed by atoms with E-state index in [1.165, 1.54) is 4.90 Å². The van der Waals surface area contributed by atoms with Crippen molar-refractivity contribution in [1.82, 2.24) is 4.90 Å². The molecule has 2 aromatic carbocycles. The Morgan fingerprint density at radius 2 is 1.73 bits per heavy atom. The summed E-state index contributed by atoms with van der Waals surface area (Å²) in [4.78, 5) is 29.5. The first-order chi connectivity index (χ1) is 14.4. The number of amides is 2. The average molecular weight is 426 g/mol. The average Bonchev–Trinajstić information content (AvgIpc) is 2.75. The van der Waals surface area contributed by atoms with Gasteiger partial charge < -0.3 is 15.1 Å². The van der Waals surface area contributed by atoms with Crippen molar-refractivity contribution in [3.05, 3.63) is 53.6 Å². The number of hydrogen-bond donors (Lipinski definition) is 1. The molecule has 1 aliphatic heterocycles. The van der Waals surface area contributed by atoms with Crippen LogP contribution in [-0.2, 0) is 0 Å². The predicted molar refractivity (Wildman–Crippen MR) is 126 cm³/mol. The SMILES string of the molecule is CCC(C)Sc1ccc(NC(=O)N2CCN(c3ccc(C(C)=O)cc3)CC2)c(C)c1. The van der Waals surface area contributed by atoms with Crippen LogP contribution in [0.1, 0.15) is 43.1 Å². The maximum atomic E-state index is 12.7. The molecule has 6 heteroatoms. The first kappa shape index (κ1) is 22.2. The minimum absolute atomic E-state index is 0.0491. The number of nitrogens with one attached hydrogen (secondary N) is 1. The fourth-order valence-corrected chi connectivity index (χ4v) is 4.46. The molecule has 1 aliphatic rings. The lowest BCUT2D eigenvalue weighted by molar-refractivity contribution is 0.101. The summed E-state index contributed by atoms with van der Waals surface area (Å²) in [6.07, 6.45) is 1.13. The van der Waals surface area contributed by atoms with E-state index < -0.39 is 0 Å². The smallest absolute Gasteiger partial charge is 0.321 e. The first-order valence-corrected chi connectivity index (χ1v) is 11.4. The zero-order valence-corrected chi connectivity index (χ0v) is 19.1. The van der Waals surface area contributed by atoms with Gasteiger partial charge in [-0.1, -0.05) is 13.8 Å². The van der Waals surface area contributed by atoms with E-state index in [1.807, 2.05) is 53.9 Å². The molecule has 0 aromatic heterocycles. The Hall–Kier alpha value is -2.47. The number of carbonyl (C=O) groups is 2. The number of rotatable bonds is 6. The quantitative estimate of drug-likeness (QED) is 0.494. The highest BCUT2D eigenvalue weighted by molar-refractivity contribution is 7.99. The van der Waals surface area contributed by atoms with Gasteiger partial charge in [0.2, 0.25) is 0 Å². The van der Waals surface area contributed by atoms with Gasteiger partial charge in [0.25, 0.3) is 0 Å². The van der Waals surface area contributed by atoms with Gasteiger partial charge in [0, 0.05) is 53.3 Å². The van der Waals surface area contributed by atoms with Crippen molar-refractivity contribution < 1.29 is 9.59 Å². The van der Waals surface area contributed by atoms with E-state index in [9.17, 15) is 9.59 Å². The number of thioether (sulfide) groups is 1. The lowest BCUT2D eigenvalue weighted by Gasteiger charge is -2.36. The molecule has 0 radical (unpaired) electrons. The molecule has 1 saturated heterocycles. The number of benzene rings is 2. The summed E-state index contributed by atoms with van der Waals surface area (Å²) in [5.41, 5.74) is 3.77. The van der Waals surface area contributed by atoms with Crippen LogP contribution in [0.5, 0.6) is 0 Å². The Bertz CT molecular complexity index is 890. The lowest BCUT2D eigenvalue weighted by Crippen LogP contribution is -2.50. The van der Waals surface area contributed by atoms with Crippen molar-refractivity contribution in [3.8, 4) is 0 Å². The van der Waals surface area contributed by atoms with Gasteiger partial charge in [-0.2, -0.15) is 0 Å². The summed E-state index contributed by atoms with van der Waals surface area (Å²) in [6.45, 7) is 10.9. The molecule has 1 N–H and O–H groups in total. The molecule has 0 bridgehead atoms. The second kappa shape index (κ2) is 10.0. The van der Waals surface area contributed by atoms with Gasteiger partial charge in [-0.25, -0.2) is 4.79 Å². The van der Waals surface area contributed by atoms with Crippen LogP contribution in [-0.4, -0.2) is 48.1 Å². The highest BCUT2D eigenvalue weighted by Crippen LogP contribution is 2.28. The molecule has 0 spiro atoms. The summed E-state index contributed by atoms with van der Waals surface area (Å²) in [5, 5.41) is 3.65. The number of Topliss-reactive ketones (excluding diaryl/α,β-unsaturated/α-hetero) is 1. The first-order valence-electron chi connectivity index (χ1n) is 10.6. The highest BCUT2D eigenvalue weighted by atomic mass is 32.2. The third-order valence-corrected chi connectivity index (χ3v) is 6.82. The topological polar surface area (TPSA) is 52.7 Å². The zero-order chi connectivity index (χ0) is 21.7. The fourth-order valence-electron chi connectivity index (χ4n) is 3.43. The summed E-state index contributed by atoms with van der Waals surface area (Å²) < 4.78 is 0. The summed E-state index contributed by atoms with van der Waals surface area (Å²) in [6, 6.07) is 13.9. The van der Waals surface area contributed by atoms with E-state index in [1.54, 1.807) is 6.92 Å². The van der Waals surface area contributed by atoms with Gasteiger partial charge in [-0.15, -0.1) is 11.8 Å². The Morgan fingerprint density at radius 1 is 1.07 bits per heavy atom. The number of anilines is 2. The van der Waals surface area contributed by atoms with Gasteiger partial charge >= 0.3 is 6.03 Å². The Balaban J connectivity index is 1.54. The number of hydrogen-bond acceptors (Lipinski definition) is 4. The molecule has 1 fully saturated rings. The van der Waals surface area contributed by atoms with E-state index in [0.29, 0.717) is 18.3 Å². The molecule has 1 atom stereocenters. The molecule has 1 unspecified atom stereocenters. The second-order valence-corrected chi connectivity index (χ2v) is 9.33. The molecule has 1 heterocycles. The van der Waals surface area contributed by atoms with Crippen LogP contribution >= 0.6 is 11.8 Å².